The molecule has 4 nitrogen and oxygen atoms in total. The molecule has 0 amide bonds. The third-order valence-corrected chi connectivity index (χ3v) is 6.92. The molecular formula is C16H24BNO3S. The smallest absolute Gasteiger partial charge is 0.399 e. The van der Waals surface area contributed by atoms with E-state index < -0.39 is 28.0 Å². The van der Waals surface area contributed by atoms with E-state index in [0.29, 0.717) is 11.5 Å². The Hall–Kier alpha value is -0.845. The third-order valence-electron chi connectivity index (χ3n) is 4.55. The molecule has 0 saturated carbocycles. The van der Waals surface area contributed by atoms with Crippen LogP contribution in [0.15, 0.2) is 28.5 Å². The molecule has 0 bridgehead atoms. The first-order valence-electron chi connectivity index (χ1n) is 9.57. The van der Waals surface area contributed by atoms with Gasteiger partial charge in [-0.3, -0.25) is 0 Å². The standard InChI is InChI=1S/C16H24BNO3S/c1-15(2)16(3,4)21-17(20-15)13-7-9-14(10-8-13)18-22(19)11-5-6-12-22/h7-10H,5-6,11-12H2,1-4H3/i7D,8D,9D,10D. The zero-order valence-corrected chi connectivity index (χ0v) is 14.3. The monoisotopic (exact) mass is 325 g/mol. The van der Waals surface area contributed by atoms with Gasteiger partial charge in [0.15, 0.2) is 0 Å². The molecule has 0 aliphatic carbocycles. The molecule has 0 atom stereocenters. The van der Waals surface area contributed by atoms with Crippen LogP contribution >= 0.6 is 0 Å². The second kappa shape index (κ2) is 5.36. The molecular weight excluding hydrogens is 297 g/mol. The van der Waals surface area contributed by atoms with E-state index in [1.165, 1.54) is 0 Å². The summed E-state index contributed by atoms with van der Waals surface area (Å²) in [7, 11) is -3.50. The van der Waals surface area contributed by atoms with E-state index in [4.69, 9.17) is 14.8 Å². The Morgan fingerprint density at radius 2 is 1.59 bits per heavy atom. The lowest BCUT2D eigenvalue weighted by Crippen LogP contribution is -2.41. The fraction of sp³-hybridized carbons (Fsp3) is 0.625. The van der Waals surface area contributed by atoms with Crippen molar-refractivity contribution in [2.45, 2.75) is 51.7 Å². The molecule has 0 unspecified atom stereocenters. The first-order chi connectivity index (χ1) is 11.9. The molecule has 1 aromatic rings. The number of benzene rings is 1. The lowest BCUT2D eigenvalue weighted by atomic mass is 9.79. The molecule has 2 aliphatic heterocycles. The molecule has 0 aromatic heterocycles. The maximum atomic E-state index is 12.7. The average Bonchev–Trinajstić information content (AvgIpc) is 3.03. The number of hydrogen-bond acceptors (Lipinski definition) is 4. The lowest BCUT2D eigenvalue weighted by molar-refractivity contribution is 0.00578. The fourth-order valence-electron chi connectivity index (χ4n) is 2.45. The summed E-state index contributed by atoms with van der Waals surface area (Å²) in [5.74, 6) is 0.872. The Morgan fingerprint density at radius 3 is 2.09 bits per heavy atom. The SMILES string of the molecule is [2H]c1c([2H])c(B2OC(C)(C)C(C)(C)O2)c([2H])c([2H])c1N=S1(=O)CCCC1. The highest BCUT2D eigenvalue weighted by atomic mass is 32.2. The van der Waals surface area contributed by atoms with Gasteiger partial charge in [0.1, 0.15) is 0 Å². The Balaban J connectivity index is 2.13. The van der Waals surface area contributed by atoms with Crippen LogP contribution in [-0.4, -0.2) is 34.0 Å². The molecule has 2 fully saturated rings. The van der Waals surface area contributed by atoms with Crippen molar-refractivity contribution < 1.29 is 19.0 Å². The number of rotatable bonds is 2. The minimum absolute atomic E-state index is 0.0546. The predicted molar refractivity (Wildman–Crippen MR) is 91.4 cm³/mol. The van der Waals surface area contributed by atoms with Crippen LogP contribution in [0.25, 0.3) is 0 Å². The van der Waals surface area contributed by atoms with Crippen LogP contribution in [0.5, 0.6) is 0 Å². The summed E-state index contributed by atoms with van der Waals surface area (Å²) < 4.78 is 61.8. The van der Waals surface area contributed by atoms with Gasteiger partial charge in [-0.25, -0.2) is 4.21 Å². The minimum Gasteiger partial charge on any atom is -0.399 e. The molecule has 1 aromatic carbocycles. The summed E-state index contributed by atoms with van der Waals surface area (Å²) in [4.78, 5) is 0. The summed E-state index contributed by atoms with van der Waals surface area (Å²) in [6.07, 6.45) is 1.60. The molecule has 2 saturated heterocycles. The van der Waals surface area contributed by atoms with E-state index in [1.807, 2.05) is 27.7 Å². The van der Waals surface area contributed by atoms with Gasteiger partial charge in [-0.15, -0.1) is 0 Å². The van der Waals surface area contributed by atoms with Crippen molar-refractivity contribution in [3.63, 3.8) is 0 Å². The van der Waals surface area contributed by atoms with E-state index in [0.717, 1.165) is 12.8 Å². The summed E-state index contributed by atoms with van der Waals surface area (Å²) in [5.41, 5.74) is -1.39. The van der Waals surface area contributed by atoms with E-state index in [1.54, 1.807) is 0 Å². The van der Waals surface area contributed by atoms with Gasteiger partial charge in [-0.2, -0.15) is 4.36 Å². The normalized spacial score (nSPS) is 27.9. The Bertz CT molecular complexity index is 824. The van der Waals surface area contributed by atoms with Crippen molar-refractivity contribution in [3.05, 3.63) is 24.2 Å². The molecule has 0 radical (unpaired) electrons. The second-order valence-electron chi connectivity index (χ2n) is 6.83. The van der Waals surface area contributed by atoms with Crippen molar-refractivity contribution >= 4 is 28.0 Å². The van der Waals surface area contributed by atoms with Gasteiger partial charge in [-0.05, 0) is 58.1 Å². The van der Waals surface area contributed by atoms with Gasteiger partial charge in [-0.1, -0.05) is 12.1 Å². The van der Waals surface area contributed by atoms with Gasteiger partial charge in [0, 0.05) is 11.5 Å². The Morgan fingerprint density at radius 1 is 1.09 bits per heavy atom. The molecule has 22 heavy (non-hydrogen) atoms. The third kappa shape index (κ3) is 2.96. The molecule has 0 N–H and O–H groups in total. The van der Waals surface area contributed by atoms with Crippen molar-refractivity contribution in [1.29, 1.82) is 0 Å². The molecule has 2 aliphatic rings. The van der Waals surface area contributed by atoms with Crippen LogP contribution in [0.4, 0.5) is 5.69 Å². The lowest BCUT2D eigenvalue weighted by Gasteiger charge is -2.32. The first-order valence-corrected chi connectivity index (χ1v) is 9.42. The van der Waals surface area contributed by atoms with Crippen LogP contribution < -0.4 is 5.46 Å². The van der Waals surface area contributed by atoms with Gasteiger partial charge in [0.05, 0.1) is 32.1 Å². The summed E-state index contributed by atoms with van der Waals surface area (Å²) in [5, 5.41) is 0. The summed E-state index contributed by atoms with van der Waals surface area (Å²) in [6.45, 7) is 7.44. The van der Waals surface area contributed by atoms with Crippen LogP contribution in [0.2, 0.25) is 0 Å². The highest BCUT2D eigenvalue weighted by molar-refractivity contribution is 7.93. The van der Waals surface area contributed by atoms with E-state index in [2.05, 4.69) is 4.36 Å². The van der Waals surface area contributed by atoms with Gasteiger partial charge < -0.3 is 9.31 Å². The molecule has 2 heterocycles. The van der Waals surface area contributed by atoms with E-state index >= 15 is 0 Å². The average molecular weight is 325 g/mol. The largest absolute Gasteiger partial charge is 0.494 e. The maximum absolute atomic E-state index is 12.7. The van der Waals surface area contributed by atoms with Crippen molar-refractivity contribution in [2.75, 3.05) is 11.5 Å². The molecule has 3 rings (SSSR count). The topological polar surface area (TPSA) is 47.9 Å². The number of nitrogens with zero attached hydrogens (tertiary/aromatic N) is 1. The van der Waals surface area contributed by atoms with Gasteiger partial charge >= 0.3 is 7.12 Å². The first kappa shape index (κ1) is 11.7. The Kier molecular flexibility index (Phi) is 2.84. The van der Waals surface area contributed by atoms with Crippen molar-refractivity contribution in [3.8, 4) is 0 Å². The summed E-state index contributed by atoms with van der Waals surface area (Å²) >= 11 is 0. The van der Waals surface area contributed by atoms with Crippen LogP contribution in [0, 0.1) is 0 Å². The fourth-order valence-corrected chi connectivity index (χ4v) is 4.58. The highest BCUT2D eigenvalue weighted by Crippen LogP contribution is 2.36. The highest BCUT2D eigenvalue weighted by Gasteiger charge is 2.51. The van der Waals surface area contributed by atoms with Crippen molar-refractivity contribution in [1.82, 2.24) is 0 Å². The molecule has 120 valence electrons. The zero-order chi connectivity index (χ0) is 19.5. The maximum Gasteiger partial charge on any atom is 0.494 e. The predicted octanol–water partition coefficient (Wildman–Crippen LogP) is 2.88. The Labute approximate surface area is 139 Å². The molecule has 6 heteroatoms. The van der Waals surface area contributed by atoms with Gasteiger partial charge in [0.25, 0.3) is 0 Å². The van der Waals surface area contributed by atoms with Crippen molar-refractivity contribution in [2.24, 2.45) is 4.36 Å². The number of hydrogen-bond donors (Lipinski definition) is 0. The second-order valence-corrected chi connectivity index (χ2v) is 9.37. The zero-order valence-electron chi connectivity index (χ0n) is 17.5. The van der Waals surface area contributed by atoms with E-state index in [9.17, 15) is 4.21 Å². The van der Waals surface area contributed by atoms with Crippen LogP contribution in [0.1, 0.15) is 46.0 Å². The quantitative estimate of drug-likeness (QED) is 0.786. The summed E-state index contributed by atoms with van der Waals surface area (Å²) in [6, 6.07) is -1.12. The van der Waals surface area contributed by atoms with E-state index in [-0.39, 0.29) is 35.3 Å². The van der Waals surface area contributed by atoms with Crippen LogP contribution in [0.3, 0.4) is 0 Å². The van der Waals surface area contributed by atoms with Gasteiger partial charge in [0.2, 0.25) is 0 Å². The minimum atomic E-state index is -2.50. The molecule has 0 spiro atoms. The van der Waals surface area contributed by atoms with Crippen LogP contribution in [-0.2, 0) is 19.0 Å².